The van der Waals surface area contributed by atoms with Crippen molar-refractivity contribution in [1.82, 2.24) is 20.0 Å². The van der Waals surface area contributed by atoms with E-state index in [1.54, 1.807) is 0 Å². The van der Waals surface area contributed by atoms with Gasteiger partial charge in [0.25, 0.3) is 0 Å². The summed E-state index contributed by atoms with van der Waals surface area (Å²) in [5.41, 5.74) is 2.26. The summed E-state index contributed by atoms with van der Waals surface area (Å²) in [6.45, 7) is 8.48. The molecule has 0 aliphatic rings. The van der Waals surface area contributed by atoms with Crippen LogP contribution in [0.4, 0.5) is 0 Å². The molecule has 0 bridgehead atoms. The minimum atomic E-state index is 0.511. The summed E-state index contributed by atoms with van der Waals surface area (Å²) >= 11 is 3.62. The zero-order valence-corrected chi connectivity index (χ0v) is 14.6. The van der Waals surface area contributed by atoms with Gasteiger partial charge >= 0.3 is 0 Å². The van der Waals surface area contributed by atoms with E-state index in [4.69, 9.17) is 0 Å². The van der Waals surface area contributed by atoms with Crippen LogP contribution in [0.15, 0.2) is 4.47 Å². The largest absolute Gasteiger partial charge is 0.308 e. The molecule has 0 fully saturated rings. The van der Waals surface area contributed by atoms with Gasteiger partial charge in [0.15, 0.2) is 0 Å². The molecule has 1 rings (SSSR count). The highest BCUT2D eigenvalue weighted by atomic mass is 79.9. The van der Waals surface area contributed by atoms with Crippen LogP contribution in [0, 0.1) is 12.8 Å². The Morgan fingerprint density at radius 3 is 2.42 bits per heavy atom. The van der Waals surface area contributed by atoms with Gasteiger partial charge in [-0.3, -0.25) is 4.68 Å². The van der Waals surface area contributed by atoms with Gasteiger partial charge in [0, 0.05) is 26.2 Å². The van der Waals surface area contributed by atoms with Crippen LogP contribution in [-0.4, -0.2) is 41.4 Å². The first-order valence-electron chi connectivity index (χ1n) is 6.87. The van der Waals surface area contributed by atoms with E-state index in [2.05, 4.69) is 59.2 Å². The molecule has 0 aliphatic heterocycles. The Kier molecular flexibility index (Phi) is 6.50. The van der Waals surface area contributed by atoms with Crippen LogP contribution < -0.4 is 5.32 Å². The number of hydrogen-bond acceptors (Lipinski definition) is 3. The predicted octanol–water partition coefficient (Wildman–Crippen LogP) is 2.56. The fourth-order valence-corrected chi connectivity index (χ4v) is 2.82. The summed E-state index contributed by atoms with van der Waals surface area (Å²) in [5, 5.41) is 8.09. The van der Waals surface area contributed by atoms with Gasteiger partial charge in [-0.25, -0.2) is 0 Å². The van der Waals surface area contributed by atoms with E-state index in [0.29, 0.717) is 12.0 Å². The summed E-state index contributed by atoms with van der Waals surface area (Å²) in [7, 11) is 6.25. The van der Waals surface area contributed by atoms with Gasteiger partial charge in [-0.15, -0.1) is 0 Å². The molecule has 5 heteroatoms. The summed E-state index contributed by atoms with van der Waals surface area (Å²) in [6.07, 6.45) is 1.19. The number of rotatable bonds is 7. The average Bonchev–Trinajstić information content (AvgIpc) is 2.49. The molecule has 110 valence electrons. The minimum absolute atomic E-state index is 0.511. The fraction of sp³-hybridized carbons (Fsp3) is 0.786. The van der Waals surface area contributed by atoms with E-state index in [-0.39, 0.29) is 0 Å². The number of halogens is 1. The molecule has 1 atom stereocenters. The third-order valence-electron chi connectivity index (χ3n) is 3.16. The molecule has 0 aliphatic carbocycles. The predicted molar refractivity (Wildman–Crippen MR) is 84.3 cm³/mol. The summed E-state index contributed by atoms with van der Waals surface area (Å²) in [5.74, 6) is 0.703. The van der Waals surface area contributed by atoms with Gasteiger partial charge in [0.2, 0.25) is 0 Å². The molecule has 0 saturated heterocycles. The molecule has 0 spiro atoms. The van der Waals surface area contributed by atoms with Gasteiger partial charge in [-0.2, -0.15) is 5.10 Å². The Hall–Kier alpha value is -0.390. The normalized spacial score (nSPS) is 13.5. The van der Waals surface area contributed by atoms with Crippen LogP contribution in [0.1, 0.15) is 31.7 Å². The molecule has 0 aromatic carbocycles. The lowest BCUT2D eigenvalue weighted by Gasteiger charge is -2.24. The fourth-order valence-electron chi connectivity index (χ4n) is 2.35. The number of aromatic nitrogens is 2. The molecule has 1 unspecified atom stereocenters. The van der Waals surface area contributed by atoms with Crippen molar-refractivity contribution < 1.29 is 0 Å². The molecule has 0 saturated carbocycles. The van der Waals surface area contributed by atoms with Crippen molar-refractivity contribution in [1.29, 1.82) is 0 Å². The summed E-state index contributed by atoms with van der Waals surface area (Å²) < 4.78 is 3.07. The maximum absolute atomic E-state index is 4.43. The zero-order valence-electron chi connectivity index (χ0n) is 13.0. The second-order valence-electron chi connectivity index (χ2n) is 5.94. The van der Waals surface area contributed by atoms with E-state index >= 15 is 0 Å². The molecular formula is C14H27BrN4. The van der Waals surface area contributed by atoms with Crippen molar-refractivity contribution >= 4 is 15.9 Å². The van der Waals surface area contributed by atoms with E-state index in [9.17, 15) is 0 Å². The SMILES string of the molecule is Cc1nn(C)c(CNC(CC(C)C)CN(C)C)c1Br. The van der Waals surface area contributed by atoms with Crippen LogP contribution in [0.25, 0.3) is 0 Å². The molecule has 1 heterocycles. The Labute approximate surface area is 125 Å². The third kappa shape index (κ3) is 5.24. The van der Waals surface area contributed by atoms with Crippen molar-refractivity contribution in [2.24, 2.45) is 13.0 Å². The van der Waals surface area contributed by atoms with Crippen LogP contribution in [0.3, 0.4) is 0 Å². The standard InChI is InChI=1S/C14H27BrN4/c1-10(2)7-12(9-18(4)5)16-8-13-14(15)11(3)17-19(13)6/h10,12,16H,7-9H2,1-6H3. The van der Waals surface area contributed by atoms with Crippen molar-refractivity contribution in [2.75, 3.05) is 20.6 Å². The second kappa shape index (κ2) is 7.41. The van der Waals surface area contributed by atoms with Gasteiger partial charge in [0.1, 0.15) is 0 Å². The quantitative estimate of drug-likeness (QED) is 0.834. The van der Waals surface area contributed by atoms with Gasteiger partial charge in [0.05, 0.1) is 15.9 Å². The Morgan fingerprint density at radius 1 is 1.37 bits per heavy atom. The van der Waals surface area contributed by atoms with Crippen molar-refractivity contribution in [2.45, 2.75) is 39.8 Å². The maximum Gasteiger partial charge on any atom is 0.0739 e. The lowest BCUT2D eigenvalue weighted by atomic mass is 10.0. The lowest BCUT2D eigenvalue weighted by molar-refractivity contribution is 0.303. The van der Waals surface area contributed by atoms with Crippen molar-refractivity contribution in [3.8, 4) is 0 Å². The highest BCUT2D eigenvalue weighted by Gasteiger charge is 2.15. The second-order valence-corrected chi connectivity index (χ2v) is 6.73. The van der Waals surface area contributed by atoms with E-state index < -0.39 is 0 Å². The summed E-state index contributed by atoms with van der Waals surface area (Å²) in [6, 6.07) is 0.511. The number of nitrogens with one attached hydrogen (secondary N) is 1. The number of hydrogen-bond donors (Lipinski definition) is 1. The highest BCUT2D eigenvalue weighted by Crippen LogP contribution is 2.20. The molecule has 19 heavy (non-hydrogen) atoms. The van der Waals surface area contributed by atoms with Gasteiger partial charge in [-0.1, -0.05) is 13.8 Å². The lowest BCUT2D eigenvalue weighted by Crippen LogP contribution is -2.39. The Morgan fingerprint density at radius 2 is 2.00 bits per heavy atom. The molecule has 4 nitrogen and oxygen atoms in total. The van der Waals surface area contributed by atoms with Crippen LogP contribution >= 0.6 is 15.9 Å². The highest BCUT2D eigenvalue weighted by molar-refractivity contribution is 9.10. The Balaban J connectivity index is 2.64. The topological polar surface area (TPSA) is 33.1 Å². The molecule has 0 radical (unpaired) electrons. The third-order valence-corrected chi connectivity index (χ3v) is 4.19. The number of likely N-dealkylation sites (N-methyl/N-ethyl adjacent to an activating group) is 1. The van der Waals surface area contributed by atoms with Gasteiger partial charge in [-0.05, 0) is 49.3 Å². The molecule has 1 aromatic heterocycles. The van der Waals surface area contributed by atoms with Crippen LogP contribution in [-0.2, 0) is 13.6 Å². The number of aryl methyl sites for hydroxylation is 2. The smallest absolute Gasteiger partial charge is 0.0739 e. The summed E-state index contributed by atoms with van der Waals surface area (Å²) in [4.78, 5) is 2.24. The van der Waals surface area contributed by atoms with Gasteiger partial charge < -0.3 is 10.2 Å². The van der Waals surface area contributed by atoms with Crippen molar-refractivity contribution in [3.05, 3.63) is 15.9 Å². The first-order chi connectivity index (χ1) is 8.81. The van der Waals surface area contributed by atoms with E-state index in [1.165, 1.54) is 12.1 Å². The molecule has 1 aromatic rings. The molecule has 1 N–H and O–H groups in total. The maximum atomic E-state index is 4.43. The number of nitrogens with zero attached hydrogens (tertiary/aromatic N) is 3. The molecular weight excluding hydrogens is 304 g/mol. The minimum Gasteiger partial charge on any atom is -0.308 e. The van der Waals surface area contributed by atoms with E-state index in [1.807, 2.05) is 18.7 Å². The average molecular weight is 331 g/mol. The monoisotopic (exact) mass is 330 g/mol. The zero-order chi connectivity index (χ0) is 14.6. The first kappa shape index (κ1) is 16.7. The molecule has 0 amide bonds. The Bertz CT molecular complexity index is 388. The van der Waals surface area contributed by atoms with Crippen molar-refractivity contribution in [3.63, 3.8) is 0 Å². The van der Waals surface area contributed by atoms with Crippen LogP contribution in [0.2, 0.25) is 0 Å². The van der Waals surface area contributed by atoms with E-state index in [0.717, 1.165) is 23.3 Å². The first-order valence-corrected chi connectivity index (χ1v) is 7.66. The van der Waals surface area contributed by atoms with Crippen LogP contribution in [0.5, 0.6) is 0 Å².